The fourth-order valence-corrected chi connectivity index (χ4v) is 4.23. The first-order valence-corrected chi connectivity index (χ1v) is 8.33. The summed E-state index contributed by atoms with van der Waals surface area (Å²) >= 11 is 0. The number of hydrogen-bond donors (Lipinski definition) is 2. The van der Waals surface area contributed by atoms with E-state index >= 15 is 0 Å². The van der Waals surface area contributed by atoms with Crippen LogP contribution in [-0.4, -0.2) is 19.5 Å². The molecule has 3 N–H and O–H groups in total. The van der Waals surface area contributed by atoms with Gasteiger partial charge in [-0.2, -0.15) is 0 Å². The van der Waals surface area contributed by atoms with Crippen LogP contribution in [0.15, 0.2) is 40.8 Å². The van der Waals surface area contributed by atoms with Crippen LogP contribution >= 0.6 is 0 Å². The van der Waals surface area contributed by atoms with Crippen LogP contribution in [-0.2, 0) is 9.84 Å². The summed E-state index contributed by atoms with van der Waals surface area (Å²) in [7, 11) is -3.42. The Kier molecular flexibility index (Phi) is 4.05. The Hall–Kier alpha value is -1.88. The van der Waals surface area contributed by atoms with E-state index in [1.807, 2.05) is 26.8 Å². The molecule has 0 aromatic heterocycles. The number of allylic oxidation sites excluding steroid dienone is 1. The average Bonchev–Trinajstić information content (AvgIpc) is 2.44. The Labute approximate surface area is 125 Å². The van der Waals surface area contributed by atoms with E-state index in [1.165, 1.54) is 0 Å². The van der Waals surface area contributed by atoms with Gasteiger partial charge >= 0.3 is 0 Å². The van der Waals surface area contributed by atoms with Crippen LogP contribution in [0.3, 0.4) is 0 Å². The first kappa shape index (κ1) is 15.5. The molecule has 5 heteroatoms. The highest BCUT2D eigenvalue weighted by Gasteiger charge is 2.28. The quantitative estimate of drug-likeness (QED) is 0.665. The lowest BCUT2D eigenvalue weighted by Crippen LogP contribution is -2.23. The minimum Gasteiger partial charge on any atom is -0.384 e. The highest BCUT2D eigenvalue weighted by atomic mass is 32.2. The number of nitrogens with one attached hydrogen (secondary N) is 1. The molecular weight excluding hydrogens is 284 g/mol. The molecule has 0 heterocycles. The van der Waals surface area contributed by atoms with Crippen molar-refractivity contribution in [2.75, 3.05) is 0 Å². The van der Waals surface area contributed by atoms with E-state index in [0.717, 1.165) is 16.7 Å². The molecule has 1 aliphatic rings. The van der Waals surface area contributed by atoms with Gasteiger partial charge in [-0.25, -0.2) is 8.42 Å². The molecule has 0 saturated heterocycles. The predicted molar refractivity (Wildman–Crippen MR) is 85.4 cm³/mol. The Morgan fingerprint density at radius 2 is 1.90 bits per heavy atom. The number of sulfone groups is 1. The average molecular weight is 304 g/mol. The minimum atomic E-state index is -3.42. The van der Waals surface area contributed by atoms with Crippen LogP contribution < -0.4 is 5.73 Å². The van der Waals surface area contributed by atoms with E-state index < -0.39 is 15.1 Å². The number of rotatable bonds is 3. The van der Waals surface area contributed by atoms with Crippen molar-refractivity contribution in [3.8, 4) is 0 Å². The summed E-state index contributed by atoms with van der Waals surface area (Å²) in [6.45, 7) is 5.76. The molecule has 4 nitrogen and oxygen atoms in total. The maximum Gasteiger partial charge on any atom is 0.185 e. The van der Waals surface area contributed by atoms with Gasteiger partial charge in [0.1, 0.15) is 5.84 Å². The summed E-state index contributed by atoms with van der Waals surface area (Å²) < 4.78 is 25.6. The lowest BCUT2D eigenvalue weighted by molar-refractivity contribution is 0.587. The molecule has 2 rings (SSSR count). The van der Waals surface area contributed by atoms with Gasteiger partial charge in [0.15, 0.2) is 9.84 Å². The van der Waals surface area contributed by atoms with Crippen molar-refractivity contribution in [2.24, 2.45) is 5.73 Å². The van der Waals surface area contributed by atoms with Crippen LogP contribution in [0, 0.1) is 26.2 Å². The number of nitrogens with two attached hydrogens (primary N) is 1. The highest BCUT2D eigenvalue weighted by molar-refractivity contribution is 7.92. The molecule has 0 radical (unpaired) electrons. The van der Waals surface area contributed by atoms with Crippen molar-refractivity contribution in [3.63, 3.8) is 0 Å². The molecule has 1 aromatic carbocycles. The third-order valence-electron chi connectivity index (χ3n) is 4.08. The number of amidine groups is 1. The number of aryl methyl sites for hydroxylation is 1. The molecule has 0 amide bonds. The van der Waals surface area contributed by atoms with E-state index in [1.54, 1.807) is 24.3 Å². The zero-order chi connectivity index (χ0) is 15.8. The Morgan fingerprint density at radius 1 is 1.24 bits per heavy atom. The van der Waals surface area contributed by atoms with Crippen molar-refractivity contribution in [1.82, 2.24) is 0 Å². The number of hydrogen-bond acceptors (Lipinski definition) is 3. The predicted octanol–water partition coefficient (Wildman–Crippen LogP) is 2.58. The maximum atomic E-state index is 12.8. The minimum absolute atomic E-state index is 0.0375. The summed E-state index contributed by atoms with van der Waals surface area (Å²) in [5.74, 6) is -0.0375. The monoisotopic (exact) mass is 304 g/mol. The van der Waals surface area contributed by atoms with Gasteiger partial charge in [0, 0.05) is 5.57 Å². The molecule has 1 aromatic rings. The van der Waals surface area contributed by atoms with Crippen molar-refractivity contribution in [2.45, 2.75) is 37.3 Å². The van der Waals surface area contributed by atoms with Crippen molar-refractivity contribution in [3.05, 3.63) is 52.6 Å². The standard InChI is InChI=1S/C16H20N2O2S/c1-10-4-9-15(12(3)11(10)2)21(19,20)14-7-5-13(6-8-14)16(17)18/h4-7,9,14H,8H2,1-3H3,(H3,17,18). The van der Waals surface area contributed by atoms with E-state index in [-0.39, 0.29) is 5.84 Å². The molecular formula is C16H20N2O2S. The van der Waals surface area contributed by atoms with E-state index in [9.17, 15) is 8.42 Å². The summed E-state index contributed by atoms with van der Waals surface area (Å²) in [5, 5.41) is 6.77. The second-order valence-corrected chi connectivity index (χ2v) is 7.52. The van der Waals surface area contributed by atoms with E-state index in [2.05, 4.69) is 0 Å². The van der Waals surface area contributed by atoms with Crippen LogP contribution in [0.4, 0.5) is 0 Å². The highest BCUT2D eigenvalue weighted by Crippen LogP contribution is 2.28. The summed E-state index contributed by atoms with van der Waals surface area (Å²) in [4.78, 5) is 0.389. The van der Waals surface area contributed by atoms with Gasteiger partial charge in [-0.3, -0.25) is 5.41 Å². The van der Waals surface area contributed by atoms with E-state index in [4.69, 9.17) is 11.1 Å². The van der Waals surface area contributed by atoms with Gasteiger partial charge in [0.25, 0.3) is 0 Å². The Bertz CT molecular complexity index is 759. The maximum absolute atomic E-state index is 12.8. The zero-order valence-corrected chi connectivity index (χ0v) is 13.3. The van der Waals surface area contributed by atoms with E-state index in [0.29, 0.717) is 16.9 Å². The van der Waals surface area contributed by atoms with Crippen LogP contribution in [0.2, 0.25) is 0 Å². The number of benzene rings is 1. The largest absolute Gasteiger partial charge is 0.384 e. The van der Waals surface area contributed by atoms with Crippen molar-refractivity contribution < 1.29 is 8.42 Å². The van der Waals surface area contributed by atoms with Crippen LogP contribution in [0.1, 0.15) is 23.1 Å². The van der Waals surface area contributed by atoms with Crippen molar-refractivity contribution in [1.29, 1.82) is 5.41 Å². The molecule has 0 spiro atoms. The lowest BCUT2D eigenvalue weighted by atomic mass is 10.1. The molecule has 112 valence electrons. The van der Waals surface area contributed by atoms with Gasteiger partial charge in [0.2, 0.25) is 0 Å². The molecule has 0 saturated carbocycles. The molecule has 21 heavy (non-hydrogen) atoms. The Balaban J connectivity index is 2.40. The lowest BCUT2D eigenvalue weighted by Gasteiger charge is -2.19. The first-order valence-electron chi connectivity index (χ1n) is 6.78. The zero-order valence-electron chi connectivity index (χ0n) is 12.5. The Morgan fingerprint density at radius 3 is 2.43 bits per heavy atom. The second-order valence-electron chi connectivity index (χ2n) is 5.38. The van der Waals surface area contributed by atoms with Crippen molar-refractivity contribution >= 4 is 15.7 Å². The van der Waals surface area contributed by atoms with Gasteiger partial charge in [0.05, 0.1) is 10.1 Å². The van der Waals surface area contributed by atoms with Gasteiger partial charge in [-0.05, 0) is 49.9 Å². The van der Waals surface area contributed by atoms with Gasteiger partial charge in [-0.1, -0.05) is 24.3 Å². The third-order valence-corrected chi connectivity index (χ3v) is 6.29. The SMILES string of the molecule is Cc1ccc(S(=O)(=O)C2C=CC(C(=N)N)=CC2)c(C)c1C. The summed E-state index contributed by atoms with van der Waals surface area (Å²) in [6, 6.07) is 3.53. The summed E-state index contributed by atoms with van der Waals surface area (Å²) in [6.07, 6.45) is 5.30. The topological polar surface area (TPSA) is 84.0 Å². The first-order chi connectivity index (χ1) is 9.75. The van der Waals surface area contributed by atoms with Crippen LogP contribution in [0.25, 0.3) is 0 Å². The molecule has 0 aliphatic heterocycles. The molecule has 1 aliphatic carbocycles. The normalized spacial score (nSPS) is 18.4. The smallest absolute Gasteiger partial charge is 0.185 e. The third kappa shape index (κ3) is 2.78. The molecule has 0 fully saturated rings. The molecule has 1 atom stereocenters. The molecule has 1 unspecified atom stereocenters. The second kappa shape index (κ2) is 5.48. The van der Waals surface area contributed by atoms with Gasteiger partial charge in [-0.15, -0.1) is 0 Å². The fraction of sp³-hybridized carbons (Fsp3) is 0.312. The fourth-order valence-electron chi connectivity index (χ4n) is 2.43. The van der Waals surface area contributed by atoms with Gasteiger partial charge < -0.3 is 5.73 Å². The summed E-state index contributed by atoms with van der Waals surface area (Å²) in [5.41, 5.74) is 8.90. The molecule has 0 bridgehead atoms. The van der Waals surface area contributed by atoms with Crippen LogP contribution in [0.5, 0.6) is 0 Å².